The second-order valence-electron chi connectivity index (χ2n) is 3.58. The zero-order valence-corrected chi connectivity index (χ0v) is 10.7. The summed E-state index contributed by atoms with van der Waals surface area (Å²) in [6.07, 6.45) is 2.95. The first kappa shape index (κ1) is 11.4. The van der Waals surface area contributed by atoms with Gasteiger partial charge in [-0.25, -0.2) is 4.68 Å². The predicted molar refractivity (Wildman–Crippen MR) is 68.9 cm³/mol. The first-order valence-corrected chi connectivity index (χ1v) is 6.04. The minimum Gasteiger partial charge on any atom is -0.319 e. The highest BCUT2D eigenvalue weighted by Crippen LogP contribution is 2.13. The van der Waals surface area contributed by atoms with E-state index in [-0.39, 0.29) is 0 Å². The van der Waals surface area contributed by atoms with Gasteiger partial charge >= 0.3 is 0 Å². The lowest BCUT2D eigenvalue weighted by atomic mass is 10.3. The Bertz CT molecular complexity index is 448. The van der Waals surface area contributed by atoms with Crippen LogP contribution in [0.5, 0.6) is 0 Å². The van der Waals surface area contributed by atoms with E-state index in [1.807, 2.05) is 42.2 Å². The van der Waals surface area contributed by atoms with E-state index in [9.17, 15) is 0 Å². The molecule has 0 amide bonds. The Kier molecular flexibility index (Phi) is 3.74. The zero-order valence-electron chi connectivity index (χ0n) is 9.15. The van der Waals surface area contributed by atoms with Crippen LogP contribution in [0.15, 0.2) is 41.0 Å². The van der Waals surface area contributed by atoms with Crippen LogP contribution < -0.4 is 5.32 Å². The highest BCUT2D eigenvalue weighted by atomic mass is 79.9. The minimum absolute atomic E-state index is 0.956. The molecule has 0 aliphatic carbocycles. The molecule has 0 aliphatic rings. The molecule has 4 heteroatoms. The highest BCUT2D eigenvalue weighted by Gasteiger charge is 2.00. The summed E-state index contributed by atoms with van der Waals surface area (Å²) in [5, 5.41) is 7.63. The summed E-state index contributed by atoms with van der Waals surface area (Å²) in [6.45, 7) is 0.956. The van der Waals surface area contributed by atoms with Crippen LogP contribution in [0.2, 0.25) is 0 Å². The van der Waals surface area contributed by atoms with Crippen molar-refractivity contribution in [2.24, 2.45) is 0 Å². The minimum atomic E-state index is 0.956. The van der Waals surface area contributed by atoms with Gasteiger partial charge in [0, 0.05) is 23.6 Å². The molecule has 2 aromatic rings. The van der Waals surface area contributed by atoms with Crippen molar-refractivity contribution in [3.63, 3.8) is 0 Å². The summed E-state index contributed by atoms with van der Waals surface area (Å²) < 4.78 is 2.98. The summed E-state index contributed by atoms with van der Waals surface area (Å²) in [4.78, 5) is 0. The molecule has 0 atom stereocenters. The topological polar surface area (TPSA) is 29.9 Å². The van der Waals surface area contributed by atoms with Crippen molar-refractivity contribution in [3.8, 4) is 5.69 Å². The van der Waals surface area contributed by atoms with E-state index in [2.05, 4.69) is 32.4 Å². The Balaban J connectivity index is 2.15. The molecule has 16 heavy (non-hydrogen) atoms. The van der Waals surface area contributed by atoms with Crippen LogP contribution in [0.3, 0.4) is 0 Å². The molecule has 0 saturated carbocycles. The van der Waals surface area contributed by atoms with Gasteiger partial charge < -0.3 is 5.32 Å². The first-order chi connectivity index (χ1) is 7.79. The molecule has 84 valence electrons. The fraction of sp³-hybridized carbons (Fsp3) is 0.250. The van der Waals surface area contributed by atoms with E-state index in [0.717, 1.165) is 28.8 Å². The van der Waals surface area contributed by atoms with Crippen LogP contribution in [0, 0.1) is 0 Å². The number of hydrogen-bond acceptors (Lipinski definition) is 2. The average molecular weight is 280 g/mol. The molecule has 1 aromatic carbocycles. The molecule has 1 heterocycles. The standard InChI is InChI=1S/C12H14BrN3/c1-14-8-6-11-7-9-16(15-11)12-4-2-10(13)3-5-12/h2-5,7,9,14H,6,8H2,1H3. The van der Waals surface area contributed by atoms with Crippen LogP contribution in [-0.4, -0.2) is 23.4 Å². The lowest BCUT2D eigenvalue weighted by molar-refractivity contribution is 0.755. The Morgan fingerprint density at radius 2 is 2.00 bits per heavy atom. The van der Waals surface area contributed by atoms with E-state index >= 15 is 0 Å². The third-order valence-electron chi connectivity index (χ3n) is 2.37. The SMILES string of the molecule is CNCCc1ccn(-c2ccc(Br)cc2)n1. The van der Waals surface area contributed by atoms with Crippen molar-refractivity contribution in [1.82, 2.24) is 15.1 Å². The summed E-state index contributed by atoms with van der Waals surface area (Å²) in [7, 11) is 1.95. The first-order valence-electron chi connectivity index (χ1n) is 5.24. The molecular formula is C12H14BrN3. The molecular weight excluding hydrogens is 266 g/mol. The average Bonchev–Trinajstić information content (AvgIpc) is 2.76. The second kappa shape index (κ2) is 5.27. The zero-order chi connectivity index (χ0) is 11.4. The molecule has 0 fully saturated rings. The van der Waals surface area contributed by atoms with Gasteiger partial charge in [-0.1, -0.05) is 15.9 Å². The number of aromatic nitrogens is 2. The molecule has 0 saturated heterocycles. The van der Waals surface area contributed by atoms with E-state index in [0.29, 0.717) is 0 Å². The van der Waals surface area contributed by atoms with Gasteiger partial charge in [0.1, 0.15) is 0 Å². The van der Waals surface area contributed by atoms with Gasteiger partial charge in [0.25, 0.3) is 0 Å². The van der Waals surface area contributed by atoms with Crippen LogP contribution in [0.25, 0.3) is 5.69 Å². The van der Waals surface area contributed by atoms with Crippen molar-refractivity contribution in [2.75, 3.05) is 13.6 Å². The Labute approximate surface area is 104 Å². The maximum atomic E-state index is 4.51. The summed E-state index contributed by atoms with van der Waals surface area (Å²) in [5.41, 5.74) is 2.19. The number of rotatable bonds is 4. The summed E-state index contributed by atoms with van der Waals surface area (Å²) in [6, 6.07) is 10.2. The smallest absolute Gasteiger partial charge is 0.0646 e. The molecule has 2 rings (SSSR count). The number of benzene rings is 1. The van der Waals surface area contributed by atoms with Gasteiger partial charge in [0.15, 0.2) is 0 Å². The van der Waals surface area contributed by atoms with E-state index in [1.165, 1.54) is 0 Å². The number of nitrogens with one attached hydrogen (secondary N) is 1. The van der Waals surface area contributed by atoms with E-state index < -0.39 is 0 Å². The van der Waals surface area contributed by atoms with Crippen LogP contribution in [-0.2, 0) is 6.42 Å². The van der Waals surface area contributed by atoms with E-state index in [1.54, 1.807) is 0 Å². The molecule has 0 bridgehead atoms. The van der Waals surface area contributed by atoms with Gasteiger partial charge in [0.2, 0.25) is 0 Å². The van der Waals surface area contributed by atoms with Gasteiger partial charge in [-0.2, -0.15) is 5.10 Å². The molecule has 1 N–H and O–H groups in total. The van der Waals surface area contributed by atoms with Crippen molar-refractivity contribution < 1.29 is 0 Å². The maximum absolute atomic E-state index is 4.51. The molecule has 0 aliphatic heterocycles. The predicted octanol–water partition coefficient (Wildman–Crippen LogP) is 2.40. The molecule has 0 radical (unpaired) electrons. The normalized spacial score (nSPS) is 10.6. The Hall–Kier alpha value is -1.13. The highest BCUT2D eigenvalue weighted by molar-refractivity contribution is 9.10. The van der Waals surface area contributed by atoms with Crippen molar-refractivity contribution in [3.05, 3.63) is 46.7 Å². The fourth-order valence-electron chi connectivity index (χ4n) is 1.49. The van der Waals surface area contributed by atoms with Crippen LogP contribution >= 0.6 is 15.9 Å². The van der Waals surface area contributed by atoms with Crippen LogP contribution in [0.4, 0.5) is 0 Å². The Morgan fingerprint density at radius 1 is 1.25 bits per heavy atom. The number of nitrogens with zero attached hydrogens (tertiary/aromatic N) is 2. The fourth-order valence-corrected chi connectivity index (χ4v) is 1.75. The van der Waals surface area contributed by atoms with Gasteiger partial charge in [0.05, 0.1) is 11.4 Å². The molecule has 0 unspecified atom stereocenters. The van der Waals surface area contributed by atoms with Gasteiger partial charge in [-0.05, 0) is 37.4 Å². The van der Waals surface area contributed by atoms with Gasteiger partial charge in [-0.3, -0.25) is 0 Å². The number of halogens is 1. The van der Waals surface area contributed by atoms with Gasteiger partial charge in [-0.15, -0.1) is 0 Å². The van der Waals surface area contributed by atoms with Crippen LogP contribution in [0.1, 0.15) is 5.69 Å². The summed E-state index contributed by atoms with van der Waals surface area (Å²) in [5.74, 6) is 0. The summed E-state index contributed by atoms with van der Waals surface area (Å²) >= 11 is 3.42. The lowest BCUT2D eigenvalue weighted by Gasteiger charge is -2.01. The largest absolute Gasteiger partial charge is 0.319 e. The van der Waals surface area contributed by atoms with Crippen molar-refractivity contribution >= 4 is 15.9 Å². The number of hydrogen-bond donors (Lipinski definition) is 1. The second-order valence-corrected chi connectivity index (χ2v) is 4.50. The van der Waals surface area contributed by atoms with E-state index in [4.69, 9.17) is 0 Å². The Morgan fingerprint density at radius 3 is 2.69 bits per heavy atom. The molecule has 3 nitrogen and oxygen atoms in total. The van der Waals surface area contributed by atoms with Crippen molar-refractivity contribution in [2.45, 2.75) is 6.42 Å². The van der Waals surface area contributed by atoms with Crippen molar-refractivity contribution in [1.29, 1.82) is 0 Å². The quantitative estimate of drug-likeness (QED) is 0.932. The maximum Gasteiger partial charge on any atom is 0.0646 e. The third-order valence-corrected chi connectivity index (χ3v) is 2.90. The lowest BCUT2D eigenvalue weighted by Crippen LogP contribution is -2.10. The molecule has 0 spiro atoms. The third kappa shape index (κ3) is 2.71. The number of likely N-dealkylation sites (N-methyl/N-ethyl adjacent to an activating group) is 1. The molecule has 1 aromatic heterocycles. The monoisotopic (exact) mass is 279 g/mol.